The molecule has 0 saturated heterocycles. The number of aromatic nitrogens is 1. The fourth-order valence-electron chi connectivity index (χ4n) is 3.50. The van der Waals surface area contributed by atoms with Crippen molar-refractivity contribution >= 4 is 48.3 Å². The highest BCUT2D eigenvalue weighted by atomic mass is 32.2. The van der Waals surface area contributed by atoms with E-state index >= 15 is 0 Å². The van der Waals surface area contributed by atoms with Gasteiger partial charge in [0, 0.05) is 17.8 Å². The smallest absolute Gasteiger partial charge is 0.261 e. The molecular formula is C25H25FN4O3S2. The predicted octanol–water partition coefficient (Wildman–Crippen LogP) is 4.83. The van der Waals surface area contributed by atoms with E-state index in [0.29, 0.717) is 17.2 Å². The van der Waals surface area contributed by atoms with Gasteiger partial charge < -0.3 is 4.90 Å². The Labute approximate surface area is 207 Å². The lowest BCUT2D eigenvalue weighted by atomic mass is 10.2. The predicted molar refractivity (Wildman–Crippen MR) is 138 cm³/mol. The highest BCUT2D eigenvalue weighted by Crippen LogP contribution is 2.30. The summed E-state index contributed by atoms with van der Waals surface area (Å²) in [5.74, 6) is -0.800. The molecule has 0 aliphatic carbocycles. The van der Waals surface area contributed by atoms with Gasteiger partial charge in [0.05, 0.1) is 15.1 Å². The number of halogens is 1. The van der Waals surface area contributed by atoms with Gasteiger partial charge in [-0.05, 0) is 81.7 Å². The Balaban J connectivity index is 1.61. The van der Waals surface area contributed by atoms with E-state index in [1.807, 2.05) is 43.3 Å². The molecular weight excluding hydrogens is 487 g/mol. The number of anilines is 2. The van der Waals surface area contributed by atoms with Gasteiger partial charge in [-0.1, -0.05) is 29.5 Å². The summed E-state index contributed by atoms with van der Waals surface area (Å²) in [6, 6.07) is 18.6. The van der Waals surface area contributed by atoms with E-state index in [4.69, 9.17) is 0 Å². The summed E-state index contributed by atoms with van der Waals surface area (Å²) >= 11 is 1.44. The van der Waals surface area contributed by atoms with E-state index < -0.39 is 15.8 Å². The van der Waals surface area contributed by atoms with Crippen molar-refractivity contribution in [3.63, 3.8) is 0 Å². The second-order valence-corrected chi connectivity index (χ2v) is 10.9. The van der Waals surface area contributed by atoms with Gasteiger partial charge in [0.25, 0.3) is 15.9 Å². The van der Waals surface area contributed by atoms with Gasteiger partial charge in [-0.25, -0.2) is 17.8 Å². The third-order valence-electron chi connectivity index (χ3n) is 5.23. The maximum absolute atomic E-state index is 13.6. The minimum atomic E-state index is -3.94. The van der Waals surface area contributed by atoms with E-state index in [1.165, 1.54) is 29.5 Å². The lowest BCUT2D eigenvalue weighted by Gasteiger charge is -2.21. The summed E-state index contributed by atoms with van der Waals surface area (Å²) in [5.41, 5.74) is 1.38. The molecule has 4 rings (SSSR count). The molecule has 0 radical (unpaired) electrons. The lowest BCUT2D eigenvalue weighted by Crippen LogP contribution is -2.33. The van der Waals surface area contributed by atoms with Crippen LogP contribution >= 0.6 is 11.3 Å². The molecule has 3 aromatic carbocycles. The number of nitrogens with zero attached hydrogens (tertiary/aromatic N) is 3. The molecule has 0 aliphatic rings. The van der Waals surface area contributed by atoms with Crippen LogP contribution in [0.2, 0.25) is 0 Å². The third-order valence-corrected chi connectivity index (χ3v) is 7.69. The van der Waals surface area contributed by atoms with Gasteiger partial charge in [-0.15, -0.1) is 0 Å². The number of hydrogen-bond acceptors (Lipinski definition) is 6. The van der Waals surface area contributed by atoms with Gasteiger partial charge in [0.15, 0.2) is 5.13 Å². The third kappa shape index (κ3) is 6.02. The minimum absolute atomic E-state index is 0.0737. The lowest BCUT2D eigenvalue weighted by molar-refractivity contribution is 0.0986. The van der Waals surface area contributed by atoms with Crippen molar-refractivity contribution in [3.8, 4) is 0 Å². The summed E-state index contributed by atoms with van der Waals surface area (Å²) in [6.45, 7) is 1.26. The van der Waals surface area contributed by atoms with Gasteiger partial charge >= 0.3 is 0 Å². The Kier molecular flexibility index (Phi) is 7.44. The molecule has 1 heterocycles. The molecule has 1 N–H and O–H groups in total. The second kappa shape index (κ2) is 10.5. The molecule has 0 saturated carbocycles. The van der Waals surface area contributed by atoms with E-state index in [9.17, 15) is 17.6 Å². The molecule has 0 atom stereocenters. The van der Waals surface area contributed by atoms with Gasteiger partial charge in [-0.2, -0.15) is 0 Å². The number of sulfonamides is 1. The fourth-order valence-corrected chi connectivity index (χ4v) is 5.54. The summed E-state index contributed by atoms with van der Waals surface area (Å²) in [6.07, 6.45) is 0.742. The first kappa shape index (κ1) is 24.8. The molecule has 4 aromatic rings. The standard InChI is InChI=1S/C25H25FN4O3S2/c1-29(2)15-6-16-30(25-27-22-9-3-4-10-23(22)34-25)24(31)18-7-5-8-20(17-18)28-35(32,33)21-13-11-19(26)12-14-21/h3-5,7-14,17,28H,6,15-16H2,1-2H3. The van der Waals surface area contributed by atoms with Crippen LogP contribution in [-0.2, 0) is 10.0 Å². The first-order valence-corrected chi connectivity index (χ1v) is 13.2. The molecule has 10 heteroatoms. The average molecular weight is 513 g/mol. The van der Waals surface area contributed by atoms with Crippen LogP contribution in [0.4, 0.5) is 15.2 Å². The van der Waals surface area contributed by atoms with Crippen LogP contribution in [0.1, 0.15) is 16.8 Å². The largest absolute Gasteiger partial charge is 0.309 e. The zero-order chi connectivity index (χ0) is 25.0. The van der Waals surface area contributed by atoms with Crippen molar-refractivity contribution < 1.29 is 17.6 Å². The molecule has 0 fully saturated rings. The monoisotopic (exact) mass is 512 g/mol. The quantitative estimate of drug-likeness (QED) is 0.347. The van der Waals surface area contributed by atoms with E-state index in [1.54, 1.807) is 23.1 Å². The van der Waals surface area contributed by atoms with Crippen LogP contribution in [-0.4, -0.2) is 51.4 Å². The maximum Gasteiger partial charge on any atom is 0.261 e. The Morgan fingerprint density at radius 3 is 2.46 bits per heavy atom. The van der Waals surface area contributed by atoms with Crippen LogP contribution in [0, 0.1) is 5.82 Å². The Hall–Kier alpha value is -3.34. The SMILES string of the molecule is CN(C)CCCN(C(=O)c1cccc(NS(=O)(=O)c2ccc(F)cc2)c1)c1nc2ccccc2s1. The number of para-hydroxylation sites is 1. The molecule has 0 bridgehead atoms. The number of hydrogen-bond donors (Lipinski definition) is 1. The van der Waals surface area contributed by atoms with Gasteiger partial charge in [0.2, 0.25) is 0 Å². The Bertz CT molecular complexity index is 1400. The molecule has 182 valence electrons. The van der Waals surface area contributed by atoms with Gasteiger partial charge in [-0.3, -0.25) is 14.4 Å². The number of nitrogens with one attached hydrogen (secondary N) is 1. The van der Waals surface area contributed by atoms with Crippen LogP contribution in [0.3, 0.4) is 0 Å². The Morgan fingerprint density at radius 2 is 1.74 bits per heavy atom. The topological polar surface area (TPSA) is 82.6 Å². The highest BCUT2D eigenvalue weighted by molar-refractivity contribution is 7.92. The number of benzene rings is 3. The maximum atomic E-state index is 13.6. The van der Waals surface area contributed by atoms with Crippen LogP contribution in [0.15, 0.2) is 77.7 Å². The second-order valence-electron chi connectivity index (χ2n) is 8.22. The minimum Gasteiger partial charge on any atom is -0.309 e. The van der Waals surface area contributed by atoms with E-state index in [2.05, 4.69) is 9.71 Å². The van der Waals surface area contributed by atoms with E-state index in [0.717, 1.165) is 35.3 Å². The summed E-state index contributed by atoms with van der Waals surface area (Å²) < 4.78 is 42.1. The van der Waals surface area contributed by atoms with E-state index in [-0.39, 0.29) is 16.5 Å². The van der Waals surface area contributed by atoms with Crippen molar-refractivity contribution in [3.05, 3.63) is 84.2 Å². The van der Waals surface area contributed by atoms with Crippen molar-refractivity contribution in [2.45, 2.75) is 11.3 Å². The van der Waals surface area contributed by atoms with Crippen LogP contribution < -0.4 is 9.62 Å². The van der Waals surface area contributed by atoms with Crippen LogP contribution in [0.25, 0.3) is 10.2 Å². The first-order valence-electron chi connectivity index (χ1n) is 10.9. The number of fused-ring (bicyclic) bond motifs is 1. The van der Waals surface area contributed by atoms with Crippen molar-refractivity contribution in [1.82, 2.24) is 9.88 Å². The zero-order valence-electron chi connectivity index (χ0n) is 19.3. The number of thiazole rings is 1. The molecule has 7 nitrogen and oxygen atoms in total. The summed E-state index contributed by atoms with van der Waals surface area (Å²) in [5, 5.41) is 0.590. The summed E-state index contributed by atoms with van der Waals surface area (Å²) in [7, 11) is 0.00216. The van der Waals surface area contributed by atoms with Crippen molar-refractivity contribution in [1.29, 1.82) is 0 Å². The highest BCUT2D eigenvalue weighted by Gasteiger charge is 2.22. The first-order chi connectivity index (χ1) is 16.7. The van der Waals surface area contributed by atoms with Crippen LogP contribution in [0.5, 0.6) is 0 Å². The summed E-state index contributed by atoms with van der Waals surface area (Å²) in [4.78, 5) is 21.9. The molecule has 1 aromatic heterocycles. The van der Waals surface area contributed by atoms with Gasteiger partial charge in [0.1, 0.15) is 5.82 Å². The number of carbonyl (C=O) groups excluding carboxylic acids is 1. The molecule has 1 amide bonds. The Morgan fingerprint density at radius 1 is 1.00 bits per heavy atom. The van der Waals surface area contributed by atoms with Crippen molar-refractivity contribution in [2.75, 3.05) is 36.8 Å². The van der Waals surface area contributed by atoms with Crippen molar-refractivity contribution in [2.24, 2.45) is 0 Å². The number of carbonyl (C=O) groups is 1. The normalized spacial score (nSPS) is 11.7. The number of rotatable bonds is 9. The fraction of sp³-hybridized carbons (Fsp3) is 0.200. The molecule has 0 spiro atoms. The number of amides is 1. The molecule has 0 aliphatic heterocycles. The average Bonchev–Trinajstić information content (AvgIpc) is 3.25. The molecule has 0 unspecified atom stereocenters. The molecule has 35 heavy (non-hydrogen) atoms. The zero-order valence-corrected chi connectivity index (χ0v) is 20.9.